The van der Waals surface area contributed by atoms with Gasteiger partial charge in [0.25, 0.3) is 5.91 Å². The van der Waals surface area contributed by atoms with Crippen LogP contribution >= 0.6 is 12.6 Å². The van der Waals surface area contributed by atoms with E-state index in [0.717, 1.165) is 11.3 Å². The van der Waals surface area contributed by atoms with Crippen LogP contribution in [0, 0.1) is 5.41 Å². The molecule has 0 bridgehead atoms. The largest absolute Gasteiger partial charge is 0.396 e. The van der Waals surface area contributed by atoms with Gasteiger partial charge in [0.1, 0.15) is 6.10 Å². The van der Waals surface area contributed by atoms with Gasteiger partial charge in [-0.1, -0.05) is 20.8 Å². The third kappa shape index (κ3) is 8.67. The van der Waals surface area contributed by atoms with E-state index in [2.05, 4.69) is 23.7 Å². The summed E-state index contributed by atoms with van der Waals surface area (Å²) in [6, 6.07) is 0. The average molecular weight is 387 g/mol. The van der Waals surface area contributed by atoms with Gasteiger partial charge in [-0.25, -0.2) is 0 Å². The highest BCUT2D eigenvalue weighted by Gasteiger charge is 2.37. The molecule has 8 heteroatoms. The van der Waals surface area contributed by atoms with E-state index in [1.807, 2.05) is 6.92 Å². The second-order valence-electron chi connectivity index (χ2n) is 6.44. The lowest BCUT2D eigenvalue weighted by Crippen LogP contribution is -2.50. The number of aliphatic hydroxyl groups excluding tert-OH is 2. The van der Waals surface area contributed by atoms with Crippen LogP contribution in [0.25, 0.3) is 0 Å². The molecule has 7 nitrogen and oxygen atoms in total. The lowest BCUT2D eigenvalue weighted by atomic mass is 9.86. The maximum absolute atomic E-state index is 12.6. The first kappa shape index (κ1) is 24.4. The Balaban J connectivity index is 5.20. The van der Waals surface area contributed by atoms with Crippen molar-refractivity contribution in [3.05, 3.63) is 17.9 Å². The lowest BCUT2D eigenvalue weighted by Gasteiger charge is -2.31. The highest BCUT2D eigenvalue weighted by Crippen LogP contribution is 2.21. The van der Waals surface area contributed by atoms with E-state index in [-0.39, 0.29) is 25.3 Å². The van der Waals surface area contributed by atoms with Gasteiger partial charge in [0.15, 0.2) is 0 Å². The topological polar surface area (TPSA) is 107 Å². The predicted molar refractivity (Wildman–Crippen MR) is 103 cm³/mol. The Bertz CT molecular complexity index is 542. The van der Waals surface area contributed by atoms with Crippen molar-refractivity contribution < 1.29 is 24.6 Å². The number of nitrogens with zero attached hydrogens (tertiary/aromatic N) is 1. The van der Waals surface area contributed by atoms with Crippen LogP contribution in [0.15, 0.2) is 17.9 Å². The predicted octanol–water partition coefficient (Wildman–Crippen LogP) is 0.668. The highest BCUT2D eigenvalue weighted by atomic mass is 32.1. The van der Waals surface area contributed by atoms with Gasteiger partial charge in [-0.3, -0.25) is 19.3 Å². The van der Waals surface area contributed by atoms with E-state index < -0.39 is 29.9 Å². The van der Waals surface area contributed by atoms with Crippen molar-refractivity contribution in [1.29, 1.82) is 0 Å². The highest BCUT2D eigenvalue weighted by molar-refractivity contribution is 7.80. The number of carbonyl (C=O) groups excluding carboxylic acids is 3. The van der Waals surface area contributed by atoms with Crippen LogP contribution in [0.5, 0.6) is 0 Å². The summed E-state index contributed by atoms with van der Waals surface area (Å²) in [5.41, 5.74) is 1.71. The molecule has 148 valence electrons. The summed E-state index contributed by atoms with van der Waals surface area (Å²) in [6.07, 6.45) is 2.29. The fourth-order valence-electron chi connectivity index (χ4n) is 1.88. The zero-order valence-electron chi connectivity index (χ0n) is 15.7. The van der Waals surface area contributed by atoms with Gasteiger partial charge in [-0.15, -0.1) is 5.73 Å². The maximum Gasteiger partial charge on any atom is 0.258 e. The van der Waals surface area contributed by atoms with Crippen LogP contribution in [0.1, 0.15) is 40.0 Å². The van der Waals surface area contributed by atoms with Crippen molar-refractivity contribution in [1.82, 2.24) is 10.2 Å². The van der Waals surface area contributed by atoms with Gasteiger partial charge in [-0.2, -0.15) is 12.6 Å². The molecule has 0 aliphatic carbocycles. The smallest absolute Gasteiger partial charge is 0.258 e. The van der Waals surface area contributed by atoms with E-state index in [0.29, 0.717) is 12.3 Å². The van der Waals surface area contributed by atoms with Crippen LogP contribution in [0.4, 0.5) is 0 Å². The molecule has 0 spiro atoms. The molecule has 0 aromatic rings. The summed E-state index contributed by atoms with van der Waals surface area (Å²) >= 11 is 3.99. The van der Waals surface area contributed by atoms with E-state index in [1.165, 1.54) is 19.9 Å². The van der Waals surface area contributed by atoms with Crippen molar-refractivity contribution in [2.75, 3.05) is 25.4 Å². The molecule has 0 radical (unpaired) electrons. The van der Waals surface area contributed by atoms with Gasteiger partial charge in [0, 0.05) is 30.7 Å². The molecular formula is C18H30N2O5S. The molecule has 0 aromatic carbocycles. The molecule has 0 fully saturated rings. The van der Waals surface area contributed by atoms with Crippen molar-refractivity contribution in [2.24, 2.45) is 5.41 Å². The van der Waals surface area contributed by atoms with E-state index >= 15 is 0 Å². The molecule has 26 heavy (non-hydrogen) atoms. The Morgan fingerprint density at radius 1 is 1.31 bits per heavy atom. The fourth-order valence-corrected chi connectivity index (χ4v) is 1.99. The van der Waals surface area contributed by atoms with Gasteiger partial charge in [-0.05, 0) is 18.6 Å². The molecule has 0 aliphatic rings. The first-order chi connectivity index (χ1) is 12.2. The quantitative estimate of drug-likeness (QED) is 0.308. The number of carbonyl (C=O) groups is 3. The second kappa shape index (κ2) is 12.7. The van der Waals surface area contributed by atoms with Crippen LogP contribution in [0.3, 0.4) is 0 Å². The van der Waals surface area contributed by atoms with Crippen molar-refractivity contribution in [2.45, 2.75) is 46.1 Å². The van der Waals surface area contributed by atoms with E-state index in [4.69, 9.17) is 0 Å². The average Bonchev–Trinajstić information content (AvgIpc) is 2.62. The number of hydrogen-bond acceptors (Lipinski definition) is 6. The molecule has 0 saturated heterocycles. The Morgan fingerprint density at radius 2 is 1.96 bits per heavy atom. The molecule has 0 heterocycles. The number of aliphatic hydroxyl groups is 2. The standard InChI is InChI=1S/C18H30N2O5S/c1-4-5-6-7-8-15(23)20(11-9-14(22)19-10-12-26)17(25)16(24)18(2,3)13-21/h5,7,16,21,24,26H,4,8-13H2,1-3H3,(H,19,22)/t6?,16-/m1/s1. The van der Waals surface area contributed by atoms with Crippen LogP contribution in [-0.4, -0.2) is 64.4 Å². The Morgan fingerprint density at radius 3 is 2.50 bits per heavy atom. The zero-order valence-corrected chi connectivity index (χ0v) is 16.6. The van der Waals surface area contributed by atoms with Crippen LogP contribution in [-0.2, 0) is 14.4 Å². The molecule has 0 aromatic heterocycles. The van der Waals surface area contributed by atoms with Gasteiger partial charge in [0.05, 0.1) is 13.0 Å². The number of rotatable bonds is 11. The fraction of sp³-hybridized carbons (Fsp3) is 0.667. The van der Waals surface area contributed by atoms with Gasteiger partial charge < -0.3 is 15.5 Å². The minimum atomic E-state index is -1.56. The summed E-state index contributed by atoms with van der Waals surface area (Å²) < 4.78 is 0. The normalized spacial score (nSPS) is 11.9. The van der Waals surface area contributed by atoms with E-state index in [9.17, 15) is 24.6 Å². The molecule has 0 saturated carbocycles. The summed E-state index contributed by atoms with van der Waals surface area (Å²) in [5, 5.41) is 22.2. The number of amides is 3. The maximum atomic E-state index is 12.6. The number of hydrogen-bond donors (Lipinski definition) is 4. The monoisotopic (exact) mass is 386 g/mol. The summed E-state index contributed by atoms with van der Waals surface area (Å²) in [4.78, 5) is 37.6. The Labute approximate surface area is 160 Å². The van der Waals surface area contributed by atoms with Crippen LogP contribution < -0.4 is 5.32 Å². The lowest BCUT2D eigenvalue weighted by molar-refractivity contribution is -0.156. The first-order valence-corrected chi connectivity index (χ1v) is 9.24. The first-order valence-electron chi connectivity index (χ1n) is 8.61. The van der Waals surface area contributed by atoms with Crippen LogP contribution in [0.2, 0.25) is 0 Å². The molecule has 3 N–H and O–H groups in total. The van der Waals surface area contributed by atoms with Crippen molar-refractivity contribution in [3.8, 4) is 0 Å². The minimum absolute atomic E-state index is 0.0766. The molecule has 0 rings (SSSR count). The molecule has 0 unspecified atom stereocenters. The molecular weight excluding hydrogens is 356 g/mol. The van der Waals surface area contributed by atoms with Gasteiger partial charge in [0.2, 0.25) is 11.8 Å². The minimum Gasteiger partial charge on any atom is -0.396 e. The second-order valence-corrected chi connectivity index (χ2v) is 6.89. The summed E-state index contributed by atoms with van der Waals surface area (Å²) in [5.74, 6) is -1.21. The third-order valence-corrected chi connectivity index (χ3v) is 3.89. The number of nitrogens with one attached hydrogen (secondary N) is 1. The Kier molecular flexibility index (Phi) is 11.9. The SMILES string of the molecule is CCC=C=CCC(=O)N(CCC(=O)NCCS)C(=O)[C@@H](O)C(C)(C)CO. The zero-order chi connectivity index (χ0) is 20.2. The molecule has 1 atom stereocenters. The van der Waals surface area contributed by atoms with Crippen molar-refractivity contribution >= 4 is 30.4 Å². The summed E-state index contributed by atoms with van der Waals surface area (Å²) in [7, 11) is 0. The molecule has 0 aliphatic heterocycles. The summed E-state index contributed by atoms with van der Waals surface area (Å²) in [6.45, 7) is 4.76. The van der Waals surface area contributed by atoms with Gasteiger partial charge >= 0.3 is 0 Å². The van der Waals surface area contributed by atoms with Crippen molar-refractivity contribution in [3.63, 3.8) is 0 Å². The number of imide groups is 1. The molecule has 3 amide bonds. The number of thiol groups is 1. The third-order valence-electron chi connectivity index (χ3n) is 3.66. The Hall–Kier alpha value is -1.60. The van der Waals surface area contributed by atoms with E-state index in [1.54, 1.807) is 6.08 Å².